The van der Waals surface area contributed by atoms with E-state index in [1.165, 1.54) is 36.7 Å². The molecule has 174 valence electrons. The van der Waals surface area contributed by atoms with E-state index >= 15 is 0 Å². The van der Waals surface area contributed by atoms with Crippen molar-refractivity contribution in [3.05, 3.63) is 54.3 Å². The standard InChI is InChI=1S/C23H22ClFN8O/c24-15-9-18(22(34)28-16-5-6-19(25)26-11-16)32(12-15)23-30-21(17-2-1-7-33(17)31-23)29-20-8-14(10-27-20)13-3-4-13/h1-2,5-8,11,13,15,18H,3-4,9-10,12H2,(H,28,34)(H,27,29,30,31)/t15-,18-/m0/s1. The number of amidine groups is 1. The predicted octanol–water partition coefficient (Wildman–Crippen LogP) is 3.25. The second-order valence-electron chi connectivity index (χ2n) is 8.78. The Labute approximate surface area is 199 Å². The lowest BCUT2D eigenvalue weighted by molar-refractivity contribution is -0.117. The van der Waals surface area contributed by atoms with Gasteiger partial charge in [-0.3, -0.25) is 9.79 Å². The number of carbonyl (C=O) groups excluding carboxylic acids is 1. The summed E-state index contributed by atoms with van der Waals surface area (Å²) < 4.78 is 14.9. The molecule has 1 aliphatic carbocycles. The summed E-state index contributed by atoms with van der Waals surface area (Å²) in [5.41, 5.74) is 2.57. The molecule has 3 aromatic heterocycles. The van der Waals surface area contributed by atoms with Crippen molar-refractivity contribution in [1.29, 1.82) is 0 Å². The second kappa shape index (κ2) is 8.35. The van der Waals surface area contributed by atoms with Gasteiger partial charge in [0.15, 0.2) is 5.82 Å². The maximum absolute atomic E-state index is 13.1. The Morgan fingerprint density at radius 3 is 2.91 bits per heavy atom. The summed E-state index contributed by atoms with van der Waals surface area (Å²) in [6, 6.07) is 5.89. The van der Waals surface area contributed by atoms with E-state index < -0.39 is 12.0 Å². The van der Waals surface area contributed by atoms with Crippen LogP contribution in [0.4, 0.5) is 21.8 Å². The molecule has 5 heterocycles. The van der Waals surface area contributed by atoms with E-state index in [1.54, 1.807) is 9.42 Å². The molecular formula is C23H22ClFN8O. The molecule has 1 amide bonds. The number of pyridine rings is 1. The molecule has 0 unspecified atom stereocenters. The van der Waals surface area contributed by atoms with E-state index in [2.05, 4.69) is 31.8 Å². The summed E-state index contributed by atoms with van der Waals surface area (Å²) in [6.45, 7) is 1.14. The summed E-state index contributed by atoms with van der Waals surface area (Å²) in [5, 5.41) is 10.5. The Morgan fingerprint density at radius 1 is 1.24 bits per heavy atom. The van der Waals surface area contributed by atoms with E-state index in [9.17, 15) is 9.18 Å². The van der Waals surface area contributed by atoms with Crippen molar-refractivity contribution in [1.82, 2.24) is 19.6 Å². The molecule has 0 aromatic carbocycles. The first-order valence-electron chi connectivity index (χ1n) is 11.2. The molecule has 9 nitrogen and oxygen atoms in total. The van der Waals surface area contributed by atoms with Gasteiger partial charge in [-0.25, -0.2) is 9.50 Å². The summed E-state index contributed by atoms with van der Waals surface area (Å²) in [7, 11) is 0. The first-order chi connectivity index (χ1) is 16.5. The number of amides is 1. The van der Waals surface area contributed by atoms with Crippen LogP contribution in [0.3, 0.4) is 0 Å². The molecule has 2 atom stereocenters. The first kappa shape index (κ1) is 21.0. The fraction of sp³-hybridized carbons (Fsp3) is 0.348. The van der Waals surface area contributed by atoms with Gasteiger partial charge in [0.25, 0.3) is 0 Å². The highest BCUT2D eigenvalue weighted by Crippen LogP contribution is 2.38. The third kappa shape index (κ3) is 4.09. The van der Waals surface area contributed by atoms with Gasteiger partial charge in [0.05, 0.1) is 23.8 Å². The van der Waals surface area contributed by atoms with Crippen LogP contribution in [0.1, 0.15) is 19.3 Å². The van der Waals surface area contributed by atoms with Crippen LogP contribution in [0.25, 0.3) is 5.52 Å². The fourth-order valence-electron chi connectivity index (χ4n) is 4.41. The van der Waals surface area contributed by atoms with Crippen molar-refractivity contribution in [2.45, 2.75) is 30.7 Å². The van der Waals surface area contributed by atoms with Crippen LogP contribution in [0.2, 0.25) is 0 Å². The fourth-order valence-corrected chi connectivity index (χ4v) is 4.73. The quantitative estimate of drug-likeness (QED) is 0.429. The largest absolute Gasteiger partial charge is 0.326 e. The van der Waals surface area contributed by atoms with Crippen LogP contribution in [0.5, 0.6) is 0 Å². The number of rotatable bonds is 5. The topological polar surface area (TPSA) is 99.8 Å². The summed E-state index contributed by atoms with van der Waals surface area (Å²) in [6.07, 6.45) is 8.12. The number of alkyl halides is 1. The smallest absolute Gasteiger partial charge is 0.247 e. The Hall–Kier alpha value is -3.53. The lowest BCUT2D eigenvalue weighted by Gasteiger charge is -2.24. The maximum atomic E-state index is 13.1. The average molecular weight is 481 g/mol. The molecule has 6 rings (SSSR count). The summed E-state index contributed by atoms with van der Waals surface area (Å²) in [4.78, 5) is 27.8. The highest BCUT2D eigenvalue weighted by Gasteiger charge is 2.38. The minimum atomic E-state index is -0.610. The Morgan fingerprint density at radius 2 is 2.12 bits per heavy atom. The van der Waals surface area contributed by atoms with Crippen molar-refractivity contribution in [3.63, 3.8) is 0 Å². The zero-order valence-corrected chi connectivity index (χ0v) is 18.9. The van der Waals surface area contributed by atoms with Crippen molar-refractivity contribution < 1.29 is 9.18 Å². The van der Waals surface area contributed by atoms with Crippen molar-refractivity contribution in [2.75, 3.05) is 28.6 Å². The van der Waals surface area contributed by atoms with E-state index in [0.717, 1.165) is 17.9 Å². The molecule has 1 saturated heterocycles. The van der Waals surface area contributed by atoms with Gasteiger partial charge in [0.2, 0.25) is 17.8 Å². The molecule has 0 bridgehead atoms. The van der Waals surface area contributed by atoms with Crippen LogP contribution in [0, 0.1) is 11.9 Å². The third-order valence-corrected chi connectivity index (χ3v) is 6.60. The monoisotopic (exact) mass is 480 g/mol. The van der Waals surface area contributed by atoms with Gasteiger partial charge in [-0.15, -0.1) is 16.7 Å². The van der Waals surface area contributed by atoms with Crippen LogP contribution in [-0.2, 0) is 4.79 Å². The van der Waals surface area contributed by atoms with Gasteiger partial charge in [0.1, 0.15) is 17.4 Å². The molecule has 3 aromatic rings. The van der Waals surface area contributed by atoms with Crippen LogP contribution >= 0.6 is 11.6 Å². The van der Waals surface area contributed by atoms with Crippen molar-refractivity contribution in [3.8, 4) is 0 Å². The molecule has 11 heteroatoms. The lowest BCUT2D eigenvalue weighted by Crippen LogP contribution is -2.41. The number of halogens is 2. The number of aromatic nitrogens is 4. The van der Waals surface area contributed by atoms with Crippen molar-refractivity contribution in [2.24, 2.45) is 10.9 Å². The van der Waals surface area contributed by atoms with E-state index in [-0.39, 0.29) is 11.3 Å². The third-order valence-electron chi connectivity index (χ3n) is 6.29. The van der Waals surface area contributed by atoms with E-state index in [0.29, 0.717) is 36.3 Å². The van der Waals surface area contributed by atoms with Gasteiger partial charge in [-0.05, 0) is 61.1 Å². The molecule has 0 spiro atoms. The highest BCUT2D eigenvalue weighted by atomic mass is 35.5. The molecular weight excluding hydrogens is 459 g/mol. The molecule has 3 aliphatic rings. The molecule has 1 saturated carbocycles. The van der Waals surface area contributed by atoms with Gasteiger partial charge in [0, 0.05) is 12.7 Å². The second-order valence-corrected chi connectivity index (χ2v) is 9.40. The van der Waals surface area contributed by atoms with E-state index in [4.69, 9.17) is 16.6 Å². The number of anilines is 3. The minimum absolute atomic E-state index is 0.245. The van der Waals surface area contributed by atoms with Crippen LogP contribution in [-0.4, -0.2) is 55.8 Å². The number of nitrogens with zero attached hydrogens (tertiary/aromatic N) is 6. The van der Waals surface area contributed by atoms with Gasteiger partial charge >= 0.3 is 0 Å². The molecule has 2 fully saturated rings. The maximum Gasteiger partial charge on any atom is 0.247 e. The van der Waals surface area contributed by atoms with Gasteiger partial charge in [-0.2, -0.15) is 9.37 Å². The predicted molar refractivity (Wildman–Crippen MR) is 128 cm³/mol. The minimum Gasteiger partial charge on any atom is -0.326 e. The van der Waals surface area contributed by atoms with Gasteiger partial charge < -0.3 is 15.5 Å². The SMILES string of the molecule is O=C(Nc1ccc(F)nc1)[C@@H]1C[C@H](Cl)CN1c1nc(NC2=NCC(C3CC3)=C2)c2cccn2n1. The number of nitrogens with one attached hydrogen (secondary N) is 2. The Kier molecular flexibility index (Phi) is 5.17. The summed E-state index contributed by atoms with van der Waals surface area (Å²) >= 11 is 6.46. The zero-order chi connectivity index (χ0) is 23.2. The number of carbonyl (C=O) groups is 1. The Balaban J connectivity index is 1.28. The molecule has 34 heavy (non-hydrogen) atoms. The lowest BCUT2D eigenvalue weighted by atomic mass is 10.2. The Bertz CT molecular complexity index is 1320. The number of aliphatic imine (C=N–C) groups is 1. The zero-order valence-electron chi connectivity index (χ0n) is 18.2. The van der Waals surface area contributed by atoms with Crippen molar-refractivity contribution >= 4 is 46.3 Å². The average Bonchev–Trinajstić information content (AvgIpc) is 3.20. The van der Waals surface area contributed by atoms with Crippen LogP contribution in [0.15, 0.2) is 53.3 Å². The summed E-state index contributed by atoms with van der Waals surface area (Å²) in [5.74, 6) is 1.56. The molecule has 2 N–H and O–H groups in total. The number of fused-ring (bicyclic) bond motifs is 1. The molecule has 0 radical (unpaired) electrons. The normalized spacial score (nSPS) is 22.1. The van der Waals surface area contributed by atoms with E-state index in [1.807, 2.05) is 18.3 Å². The first-order valence-corrected chi connectivity index (χ1v) is 11.7. The molecule has 2 aliphatic heterocycles. The number of hydrogen-bond donors (Lipinski definition) is 2. The number of hydrogen-bond acceptors (Lipinski definition) is 7. The van der Waals surface area contributed by atoms with Crippen LogP contribution < -0.4 is 15.5 Å². The van der Waals surface area contributed by atoms with Gasteiger partial charge in [-0.1, -0.05) is 0 Å². The highest BCUT2D eigenvalue weighted by molar-refractivity contribution is 6.21.